The molecule has 2 aromatic heterocycles. The molecule has 3 aromatic rings. The Balaban J connectivity index is 1.63. The number of benzene rings is 1. The van der Waals surface area contributed by atoms with Gasteiger partial charge in [-0.05, 0) is 24.3 Å². The number of aliphatic hydroxyl groups excluding tert-OH is 3. The molecule has 3 N–H and O–H groups in total. The smallest absolute Gasteiger partial charge is 0.228 e. The van der Waals surface area contributed by atoms with E-state index >= 15 is 0 Å². The van der Waals surface area contributed by atoms with Crippen molar-refractivity contribution in [2.24, 2.45) is 0 Å². The summed E-state index contributed by atoms with van der Waals surface area (Å²) in [4.78, 5) is 16.9. The number of pyridine rings is 1. The minimum atomic E-state index is -1.41. The van der Waals surface area contributed by atoms with Crippen molar-refractivity contribution in [3.05, 3.63) is 59.1 Å². The van der Waals surface area contributed by atoms with Crippen LogP contribution in [0.25, 0.3) is 22.2 Å². The van der Waals surface area contributed by atoms with Gasteiger partial charge in [-0.2, -0.15) is 0 Å². The molecule has 1 aliphatic rings. The van der Waals surface area contributed by atoms with Crippen LogP contribution in [0.2, 0.25) is 0 Å². The molecule has 0 radical (unpaired) electrons. The highest BCUT2D eigenvalue weighted by Gasteiger charge is 2.39. The normalized spacial score (nSPS) is 25.4. The molecule has 0 aliphatic carbocycles. The third-order valence-corrected chi connectivity index (χ3v) is 4.39. The zero-order valence-electron chi connectivity index (χ0n) is 14.1. The predicted molar refractivity (Wildman–Crippen MR) is 94.1 cm³/mol. The maximum absolute atomic E-state index is 12.7. The first-order valence-corrected chi connectivity index (χ1v) is 8.34. The van der Waals surface area contributed by atoms with Gasteiger partial charge in [0.25, 0.3) is 0 Å². The molecule has 4 rings (SSSR count). The SMILES string of the molecule is O=c1c(-c2ccccn2)coc2cc(O[C@@H]3OC[C@@H](O)[C@@H](O)[C@H]3O)ccc12. The molecule has 1 saturated heterocycles. The van der Waals surface area contributed by atoms with Crippen molar-refractivity contribution in [3.63, 3.8) is 0 Å². The molecule has 1 aromatic carbocycles. The van der Waals surface area contributed by atoms with Gasteiger partial charge in [0, 0.05) is 12.3 Å². The van der Waals surface area contributed by atoms with Crippen molar-refractivity contribution in [3.8, 4) is 17.0 Å². The monoisotopic (exact) mass is 371 g/mol. The molecule has 8 heteroatoms. The summed E-state index contributed by atoms with van der Waals surface area (Å²) in [5.41, 5.74) is 0.928. The van der Waals surface area contributed by atoms with Gasteiger partial charge in [-0.15, -0.1) is 0 Å². The van der Waals surface area contributed by atoms with E-state index < -0.39 is 24.6 Å². The van der Waals surface area contributed by atoms with Crippen LogP contribution in [-0.4, -0.2) is 51.5 Å². The summed E-state index contributed by atoms with van der Waals surface area (Å²) >= 11 is 0. The molecule has 0 bridgehead atoms. The average Bonchev–Trinajstić information content (AvgIpc) is 2.69. The topological polar surface area (TPSA) is 122 Å². The summed E-state index contributed by atoms with van der Waals surface area (Å²) in [5.74, 6) is 0.281. The summed E-state index contributed by atoms with van der Waals surface area (Å²) in [6, 6.07) is 9.83. The van der Waals surface area contributed by atoms with E-state index in [1.54, 1.807) is 30.5 Å². The van der Waals surface area contributed by atoms with Crippen LogP contribution in [0.5, 0.6) is 5.75 Å². The van der Waals surface area contributed by atoms with Crippen LogP contribution in [0.15, 0.2) is 58.1 Å². The molecular formula is C19H17NO7. The van der Waals surface area contributed by atoms with Crippen LogP contribution in [-0.2, 0) is 4.74 Å². The van der Waals surface area contributed by atoms with E-state index in [4.69, 9.17) is 13.9 Å². The van der Waals surface area contributed by atoms with Crippen molar-refractivity contribution in [2.45, 2.75) is 24.6 Å². The van der Waals surface area contributed by atoms with Crippen LogP contribution in [0.3, 0.4) is 0 Å². The fourth-order valence-corrected chi connectivity index (χ4v) is 2.90. The Morgan fingerprint density at radius 1 is 1.11 bits per heavy atom. The van der Waals surface area contributed by atoms with Crippen LogP contribution in [0.1, 0.15) is 0 Å². The Morgan fingerprint density at radius 3 is 2.74 bits per heavy atom. The van der Waals surface area contributed by atoms with E-state index in [0.717, 1.165) is 0 Å². The Morgan fingerprint density at radius 2 is 1.96 bits per heavy atom. The zero-order valence-corrected chi connectivity index (χ0v) is 14.1. The van der Waals surface area contributed by atoms with Gasteiger partial charge >= 0.3 is 0 Å². The summed E-state index contributed by atoms with van der Waals surface area (Å²) in [5, 5.41) is 29.5. The fourth-order valence-electron chi connectivity index (χ4n) is 2.90. The minimum Gasteiger partial charge on any atom is -0.463 e. The number of hydrogen-bond donors (Lipinski definition) is 3. The molecule has 0 unspecified atom stereocenters. The van der Waals surface area contributed by atoms with Crippen molar-refractivity contribution < 1.29 is 29.2 Å². The van der Waals surface area contributed by atoms with E-state index in [1.807, 2.05) is 0 Å². The Bertz CT molecular complexity index is 1000. The number of rotatable bonds is 3. The van der Waals surface area contributed by atoms with Gasteiger partial charge in [0.2, 0.25) is 11.7 Å². The van der Waals surface area contributed by atoms with E-state index in [0.29, 0.717) is 22.2 Å². The first-order chi connectivity index (χ1) is 13.0. The van der Waals surface area contributed by atoms with Crippen molar-refractivity contribution in [2.75, 3.05) is 6.61 Å². The molecule has 27 heavy (non-hydrogen) atoms. The van der Waals surface area contributed by atoms with E-state index in [2.05, 4.69) is 4.98 Å². The molecular weight excluding hydrogens is 354 g/mol. The molecule has 1 fully saturated rings. The number of aliphatic hydroxyl groups is 3. The molecule has 1 aliphatic heterocycles. The lowest BCUT2D eigenvalue weighted by Gasteiger charge is -2.34. The minimum absolute atomic E-state index is 0.168. The van der Waals surface area contributed by atoms with Gasteiger partial charge in [0.15, 0.2) is 0 Å². The average molecular weight is 371 g/mol. The third-order valence-electron chi connectivity index (χ3n) is 4.39. The molecule has 0 saturated carbocycles. The van der Waals surface area contributed by atoms with Gasteiger partial charge in [-0.25, -0.2) is 0 Å². The van der Waals surface area contributed by atoms with Crippen molar-refractivity contribution in [1.29, 1.82) is 0 Å². The van der Waals surface area contributed by atoms with E-state index in [9.17, 15) is 20.1 Å². The summed E-state index contributed by atoms with van der Waals surface area (Å²) in [7, 11) is 0. The highest BCUT2D eigenvalue weighted by Crippen LogP contribution is 2.25. The molecule has 3 heterocycles. The largest absolute Gasteiger partial charge is 0.463 e. The summed E-state index contributed by atoms with van der Waals surface area (Å²) in [6.45, 7) is -0.168. The number of aromatic nitrogens is 1. The van der Waals surface area contributed by atoms with Crippen LogP contribution < -0.4 is 10.2 Å². The quantitative estimate of drug-likeness (QED) is 0.614. The number of hydrogen-bond acceptors (Lipinski definition) is 8. The predicted octanol–water partition coefficient (Wildman–Crippen LogP) is 0.673. The van der Waals surface area contributed by atoms with E-state index in [1.165, 1.54) is 18.4 Å². The first kappa shape index (κ1) is 17.6. The Labute approximate surface area is 153 Å². The molecule has 4 atom stereocenters. The van der Waals surface area contributed by atoms with Gasteiger partial charge < -0.3 is 29.2 Å². The highest BCUT2D eigenvalue weighted by atomic mass is 16.7. The lowest BCUT2D eigenvalue weighted by atomic mass is 10.1. The lowest BCUT2D eigenvalue weighted by molar-refractivity contribution is -0.242. The maximum atomic E-state index is 12.7. The first-order valence-electron chi connectivity index (χ1n) is 8.34. The standard InChI is InChI=1S/C19H17NO7/c21-14-9-26-19(18(24)17(14)23)27-10-4-5-11-15(7-10)25-8-12(16(11)22)13-3-1-2-6-20-13/h1-8,14,17-19,21,23-24H,9H2/t14-,17-,18-,19+/m1/s1. The molecule has 0 spiro atoms. The second kappa shape index (κ2) is 7.09. The Hall–Kier alpha value is -2.78. The van der Waals surface area contributed by atoms with Crippen LogP contribution in [0.4, 0.5) is 0 Å². The number of fused-ring (bicyclic) bond motifs is 1. The van der Waals surface area contributed by atoms with Crippen molar-refractivity contribution in [1.82, 2.24) is 4.98 Å². The van der Waals surface area contributed by atoms with Crippen LogP contribution >= 0.6 is 0 Å². The lowest BCUT2D eigenvalue weighted by Crippen LogP contribution is -2.54. The van der Waals surface area contributed by atoms with Gasteiger partial charge in [-0.1, -0.05) is 6.07 Å². The molecule has 140 valence electrons. The Kier molecular flexibility index (Phi) is 4.63. The second-order valence-electron chi connectivity index (χ2n) is 6.22. The van der Waals surface area contributed by atoms with Gasteiger partial charge in [-0.3, -0.25) is 9.78 Å². The molecule has 8 nitrogen and oxygen atoms in total. The fraction of sp³-hybridized carbons (Fsp3) is 0.263. The third kappa shape index (κ3) is 3.31. The van der Waals surface area contributed by atoms with Gasteiger partial charge in [0.1, 0.15) is 35.9 Å². The van der Waals surface area contributed by atoms with Crippen LogP contribution in [0, 0.1) is 0 Å². The summed E-state index contributed by atoms with van der Waals surface area (Å²) < 4.78 is 16.3. The second-order valence-corrected chi connectivity index (χ2v) is 6.22. The van der Waals surface area contributed by atoms with E-state index in [-0.39, 0.29) is 17.8 Å². The number of nitrogens with zero attached hydrogens (tertiary/aromatic N) is 1. The van der Waals surface area contributed by atoms with Crippen molar-refractivity contribution >= 4 is 11.0 Å². The maximum Gasteiger partial charge on any atom is 0.228 e. The number of ether oxygens (including phenoxy) is 2. The zero-order chi connectivity index (χ0) is 19.0. The van der Waals surface area contributed by atoms with Gasteiger partial charge in [0.05, 0.1) is 23.3 Å². The summed E-state index contributed by atoms with van der Waals surface area (Å²) in [6.07, 6.45) is -2.19. The highest BCUT2D eigenvalue weighted by molar-refractivity contribution is 5.81. The molecule has 0 amide bonds.